The lowest BCUT2D eigenvalue weighted by Crippen LogP contribution is -2.26. The van der Waals surface area contributed by atoms with Gasteiger partial charge in [0.2, 0.25) is 10.0 Å². The first-order valence-corrected chi connectivity index (χ1v) is 8.02. The second kappa shape index (κ2) is 6.50. The predicted molar refractivity (Wildman–Crippen MR) is 77.4 cm³/mol. The van der Waals surface area contributed by atoms with Gasteiger partial charge in [-0.25, -0.2) is 23.1 Å². The SMILES string of the molecule is Nc1ccnc(CNS(=O)(=O)Cc2cccc(C(F)(F)F)c2)n1. The molecule has 0 bridgehead atoms. The van der Waals surface area contributed by atoms with Gasteiger partial charge in [-0.15, -0.1) is 0 Å². The van der Waals surface area contributed by atoms with Crippen LogP contribution < -0.4 is 10.5 Å². The van der Waals surface area contributed by atoms with Gasteiger partial charge in [0.05, 0.1) is 17.9 Å². The maximum atomic E-state index is 12.6. The average molecular weight is 346 g/mol. The molecule has 2 aromatic rings. The summed E-state index contributed by atoms with van der Waals surface area (Å²) in [6.45, 7) is -0.202. The van der Waals surface area contributed by atoms with Gasteiger partial charge in [-0.3, -0.25) is 0 Å². The van der Waals surface area contributed by atoms with Gasteiger partial charge in [-0.1, -0.05) is 18.2 Å². The molecule has 124 valence electrons. The number of nitrogens with two attached hydrogens (primary N) is 1. The van der Waals surface area contributed by atoms with Gasteiger partial charge >= 0.3 is 6.18 Å². The molecule has 0 aliphatic carbocycles. The number of halogens is 3. The Morgan fingerprint density at radius 2 is 1.96 bits per heavy atom. The van der Waals surface area contributed by atoms with E-state index in [0.717, 1.165) is 18.2 Å². The number of hydrogen-bond donors (Lipinski definition) is 2. The minimum atomic E-state index is -4.53. The molecule has 23 heavy (non-hydrogen) atoms. The standard InChI is InChI=1S/C13H13F3N4O2S/c14-13(15,16)10-3-1-2-9(6-10)8-23(21,22)19-7-12-18-5-4-11(17)20-12/h1-6,19H,7-8H2,(H2,17,18,20). The van der Waals surface area contributed by atoms with Crippen molar-refractivity contribution in [3.8, 4) is 0 Å². The van der Waals surface area contributed by atoms with Crippen molar-refractivity contribution >= 4 is 15.8 Å². The highest BCUT2D eigenvalue weighted by molar-refractivity contribution is 7.88. The molecule has 0 fully saturated rings. The lowest BCUT2D eigenvalue weighted by molar-refractivity contribution is -0.137. The van der Waals surface area contributed by atoms with Crippen molar-refractivity contribution in [2.45, 2.75) is 18.5 Å². The van der Waals surface area contributed by atoms with Crippen LogP contribution in [0.2, 0.25) is 0 Å². The Morgan fingerprint density at radius 1 is 1.22 bits per heavy atom. The van der Waals surface area contributed by atoms with Crippen molar-refractivity contribution in [1.29, 1.82) is 0 Å². The molecular formula is C13H13F3N4O2S. The van der Waals surface area contributed by atoms with E-state index in [1.165, 1.54) is 18.3 Å². The molecule has 1 aromatic heterocycles. The average Bonchev–Trinajstić information content (AvgIpc) is 2.44. The summed E-state index contributed by atoms with van der Waals surface area (Å²) < 4.78 is 63.9. The Labute approximate surface area is 130 Å². The minimum absolute atomic E-state index is 0.0285. The van der Waals surface area contributed by atoms with E-state index in [-0.39, 0.29) is 23.8 Å². The number of nitrogens with zero attached hydrogens (tertiary/aromatic N) is 2. The largest absolute Gasteiger partial charge is 0.416 e. The summed E-state index contributed by atoms with van der Waals surface area (Å²) in [5, 5.41) is 0. The molecule has 3 N–H and O–H groups in total. The number of nitrogen functional groups attached to an aromatic ring is 1. The molecule has 2 rings (SSSR count). The third-order valence-corrected chi connectivity index (χ3v) is 4.09. The Morgan fingerprint density at radius 3 is 2.61 bits per heavy atom. The van der Waals surface area contributed by atoms with E-state index in [2.05, 4.69) is 14.7 Å². The molecule has 0 unspecified atom stereocenters. The number of anilines is 1. The molecule has 0 atom stereocenters. The highest BCUT2D eigenvalue weighted by atomic mass is 32.2. The van der Waals surface area contributed by atoms with Crippen molar-refractivity contribution in [3.05, 3.63) is 53.5 Å². The molecule has 6 nitrogen and oxygen atoms in total. The molecule has 1 heterocycles. The summed E-state index contributed by atoms with van der Waals surface area (Å²) in [6, 6.07) is 5.60. The molecular weight excluding hydrogens is 333 g/mol. The fourth-order valence-electron chi connectivity index (χ4n) is 1.78. The van der Waals surface area contributed by atoms with E-state index < -0.39 is 27.5 Å². The minimum Gasteiger partial charge on any atom is -0.384 e. The van der Waals surface area contributed by atoms with Crippen molar-refractivity contribution in [1.82, 2.24) is 14.7 Å². The zero-order valence-corrected chi connectivity index (χ0v) is 12.5. The molecule has 0 radical (unpaired) electrons. The first-order chi connectivity index (χ1) is 10.7. The van der Waals surface area contributed by atoms with E-state index in [1.807, 2.05) is 0 Å². The Hall–Kier alpha value is -2.20. The van der Waals surface area contributed by atoms with E-state index in [9.17, 15) is 21.6 Å². The summed E-state index contributed by atoms with van der Waals surface area (Å²) in [4.78, 5) is 7.65. The number of nitrogens with one attached hydrogen (secondary N) is 1. The van der Waals surface area contributed by atoms with Crippen LogP contribution in [0.1, 0.15) is 17.0 Å². The molecule has 0 amide bonds. The normalized spacial score (nSPS) is 12.3. The molecule has 0 spiro atoms. The zero-order valence-electron chi connectivity index (χ0n) is 11.7. The molecule has 0 aliphatic heterocycles. The van der Waals surface area contributed by atoms with Crippen LogP contribution in [-0.2, 0) is 28.5 Å². The summed E-state index contributed by atoms with van der Waals surface area (Å²) >= 11 is 0. The highest BCUT2D eigenvalue weighted by Gasteiger charge is 2.30. The molecule has 0 aliphatic rings. The maximum absolute atomic E-state index is 12.6. The lowest BCUT2D eigenvalue weighted by atomic mass is 10.1. The topological polar surface area (TPSA) is 98.0 Å². The van der Waals surface area contributed by atoms with Crippen LogP contribution in [0.5, 0.6) is 0 Å². The van der Waals surface area contributed by atoms with Crippen molar-refractivity contribution < 1.29 is 21.6 Å². The highest BCUT2D eigenvalue weighted by Crippen LogP contribution is 2.29. The van der Waals surface area contributed by atoms with Gasteiger partial charge in [0.25, 0.3) is 0 Å². The predicted octanol–water partition coefficient (Wildman–Crippen LogP) is 1.70. The summed E-state index contributed by atoms with van der Waals surface area (Å²) in [6.07, 6.45) is -3.15. The monoisotopic (exact) mass is 346 g/mol. The van der Waals surface area contributed by atoms with Crippen LogP contribution in [0, 0.1) is 0 Å². The van der Waals surface area contributed by atoms with Gasteiger partial charge in [0, 0.05) is 6.20 Å². The van der Waals surface area contributed by atoms with E-state index >= 15 is 0 Å². The lowest BCUT2D eigenvalue weighted by Gasteiger charge is -2.10. The molecule has 1 aromatic carbocycles. The summed E-state index contributed by atoms with van der Waals surface area (Å²) in [5.41, 5.74) is 4.57. The van der Waals surface area contributed by atoms with Gasteiger partial charge in [-0.2, -0.15) is 13.2 Å². The first kappa shape index (κ1) is 17.2. The fourth-order valence-corrected chi connectivity index (χ4v) is 2.85. The number of sulfonamides is 1. The second-order valence-electron chi connectivity index (χ2n) is 4.68. The van der Waals surface area contributed by atoms with Crippen molar-refractivity contribution in [3.63, 3.8) is 0 Å². The Kier molecular flexibility index (Phi) is 4.85. The third-order valence-electron chi connectivity index (χ3n) is 2.79. The smallest absolute Gasteiger partial charge is 0.384 e. The van der Waals surface area contributed by atoms with Crippen molar-refractivity contribution in [2.24, 2.45) is 0 Å². The van der Waals surface area contributed by atoms with Crippen LogP contribution in [0.4, 0.5) is 19.0 Å². The summed E-state index contributed by atoms with van der Waals surface area (Å²) in [7, 11) is -3.85. The number of alkyl halides is 3. The van der Waals surface area contributed by atoms with Gasteiger partial charge < -0.3 is 5.73 Å². The van der Waals surface area contributed by atoms with E-state index in [1.54, 1.807) is 0 Å². The zero-order chi connectivity index (χ0) is 17.1. The molecule has 0 saturated carbocycles. The van der Waals surface area contributed by atoms with Gasteiger partial charge in [0.1, 0.15) is 11.6 Å². The van der Waals surface area contributed by atoms with Crippen LogP contribution >= 0.6 is 0 Å². The fraction of sp³-hybridized carbons (Fsp3) is 0.231. The number of rotatable bonds is 5. The number of hydrogen-bond acceptors (Lipinski definition) is 5. The maximum Gasteiger partial charge on any atom is 0.416 e. The third kappa shape index (κ3) is 5.18. The van der Waals surface area contributed by atoms with Crippen LogP contribution in [0.25, 0.3) is 0 Å². The quantitative estimate of drug-likeness (QED) is 0.859. The van der Waals surface area contributed by atoms with Gasteiger partial charge in [0.15, 0.2) is 0 Å². The molecule has 0 saturated heterocycles. The van der Waals surface area contributed by atoms with E-state index in [0.29, 0.717) is 0 Å². The number of benzene rings is 1. The van der Waals surface area contributed by atoms with Crippen LogP contribution in [-0.4, -0.2) is 18.4 Å². The van der Waals surface area contributed by atoms with Crippen molar-refractivity contribution in [2.75, 3.05) is 5.73 Å². The van der Waals surface area contributed by atoms with Crippen LogP contribution in [0.15, 0.2) is 36.5 Å². The Balaban J connectivity index is 2.06. The Bertz CT molecular complexity index is 794. The summed E-state index contributed by atoms with van der Waals surface area (Å²) in [5.74, 6) is -0.233. The number of aromatic nitrogens is 2. The first-order valence-electron chi connectivity index (χ1n) is 6.36. The van der Waals surface area contributed by atoms with Gasteiger partial charge in [-0.05, 0) is 17.7 Å². The van der Waals surface area contributed by atoms with Crippen LogP contribution in [0.3, 0.4) is 0 Å². The van der Waals surface area contributed by atoms with E-state index in [4.69, 9.17) is 5.73 Å². The second-order valence-corrected chi connectivity index (χ2v) is 6.48. The molecule has 10 heteroatoms.